The van der Waals surface area contributed by atoms with Crippen LogP contribution in [0.2, 0.25) is 0 Å². The SMILES string of the molecule is O=C(Cc1cccs1)N1CCC[C@@H]1c1nc(-c2ccncc2)no1. The molecule has 1 aliphatic rings. The molecular weight excluding hydrogens is 324 g/mol. The summed E-state index contributed by atoms with van der Waals surface area (Å²) in [5, 5.41) is 6.04. The molecule has 0 spiro atoms. The molecule has 0 radical (unpaired) electrons. The molecule has 6 nitrogen and oxygen atoms in total. The van der Waals surface area contributed by atoms with Crippen molar-refractivity contribution in [3.05, 3.63) is 52.8 Å². The van der Waals surface area contributed by atoms with E-state index in [0.29, 0.717) is 18.1 Å². The van der Waals surface area contributed by atoms with Crippen molar-refractivity contribution in [3.63, 3.8) is 0 Å². The van der Waals surface area contributed by atoms with Crippen molar-refractivity contribution in [2.75, 3.05) is 6.54 Å². The fraction of sp³-hybridized carbons (Fsp3) is 0.294. The number of carbonyl (C=O) groups excluding carboxylic acids is 1. The number of likely N-dealkylation sites (tertiary alicyclic amines) is 1. The van der Waals surface area contributed by atoms with Gasteiger partial charge in [0.15, 0.2) is 0 Å². The summed E-state index contributed by atoms with van der Waals surface area (Å²) < 4.78 is 5.45. The van der Waals surface area contributed by atoms with E-state index >= 15 is 0 Å². The molecule has 0 unspecified atom stereocenters. The number of rotatable bonds is 4. The number of aromatic nitrogens is 3. The third kappa shape index (κ3) is 2.94. The van der Waals surface area contributed by atoms with Crippen LogP contribution in [0, 0.1) is 0 Å². The monoisotopic (exact) mass is 340 g/mol. The van der Waals surface area contributed by atoms with Crippen molar-refractivity contribution in [2.24, 2.45) is 0 Å². The second-order valence-corrected chi connectivity index (χ2v) is 6.73. The highest BCUT2D eigenvalue weighted by atomic mass is 32.1. The van der Waals surface area contributed by atoms with Gasteiger partial charge in [-0.3, -0.25) is 9.78 Å². The van der Waals surface area contributed by atoms with Gasteiger partial charge in [0.25, 0.3) is 0 Å². The van der Waals surface area contributed by atoms with Gasteiger partial charge in [-0.05, 0) is 36.4 Å². The second-order valence-electron chi connectivity index (χ2n) is 5.69. The van der Waals surface area contributed by atoms with E-state index in [2.05, 4.69) is 15.1 Å². The van der Waals surface area contributed by atoms with Gasteiger partial charge in [0, 0.05) is 29.4 Å². The van der Waals surface area contributed by atoms with E-state index in [4.69, 9.17) is 4.52 Å². The molecule has 1 saturated heterocycles. The lowest BCUT2D eigenvalue weighted by Crippen LogP contribution is -2.31. The third-order valence-electron chi connectivity index (χ3n) is 4.14. The van der Waals surface area contributed by atoms with Gasteiger partial charge in [0.1, 0.15) is 6.04 Å². The Morgan fingerprint density at radius 2 is 2.21 bits per heavy atom. The smallest absolute Gasteiger partial charge is 0.249 e. The van der Waals surface area contributed by atoms with E-state index in [9.17, 15) is 4.79 Å². The zero-order chi connectivity index (χ0) is 16.4. The van der Waals surface area contributed by atoms with Gasteiger partial charge in [0.2, 0.25) is 17.6 Å². The van der Waals surface area contributed by atoms with E-state index < -0.39 is 0 Å². The molecule has 1 aliphatic heterocycles. The Labute approximate surface area is 143 Å². The van der Waals surface area contributed by atoms with Crippen LogP contribution in [0.4, 0.5) is 0 Å². The highest BCUT2D eigenvalue weighted by molar-refractivity contribution is 7.10. The predicted molar refractivity (Wildman–Crippen MR) is 89.2 cm³/mol. The van der Waals surface area contributed by atoms with Crippen LogP contribution in [-0.2, 0) is 11.2 Å². The lowest BCUT2D eigenvalue weighted by Gasteiger charge is -2.21. The van der Waals surface area contributed by atoms with Crippen molar-refractivity contribution in [3.8, 4) is 11.4 Å². The fourth-order valence-electron chi connectivity index (χ4n) is 2.97. The maximum absolute atomic E-state index is 12.6. The molecule has 7 heteroatoms. The molecule has 1 fully saturated rings. The van der Waals surface area contributed by atoms with Crippen LogP contribution < -0.4 is 0 Å². The summed E-state index contributed by atoms with van der Waals surface area (Å²) in [6.07, 6.45) is 5.62. The number of hydrogen-bond donors (Lipinski definition) is 0. The molecule has 0 N–H and O–H groups in total. The van der Waals surface area contributed by atoms with Crippen LogP contribution in [0.5, 0.6) is 0 Å². The molecule has 1 amide bonds. The summed E-state index contributed by atoms with van der Waals surface area (Å²) in [6, 6.07) is 7.50. The molecule has 24 heavy (non-hydrogen) atoms. The minimum Gasteiger partial charge on any atom is -0.337 e. The van der Waals surface area contributed by atoms with Gasteiger partial charge in [-0.15, -0.1) is 11.3 Å². The van der Waals surface area contributed by atoms with Crippen LogP contribution in [0.1, 0.15) is 29.7 Å². The third-order valence-corrected chi connectivity index (χ3v) is 5.02. The number of thiophene rings is 1. The molecule has 3 aromatic rings. The van der Waals surface area contributed by atoms with Crippen molar-refractivity contribution in [2.45, 2.75) is 25.3 Å². The van der Waals surface area contributed by atoms with Crippen LogP contribution in [0.25, 0.3) is 11.4 Å². The standard InChI is InChI=1S/C17H16N4O2S/c22-15(11-13-3-2-10-24-13)21-9-1-4-14(21)17-19-16(20-23-17)12-5-7-18-8-6-12/h2-3,5-8,10,14H,1,4,9,11H2/t14-/m1/s1. The molecule has 4 heterocycles. The largest absolute Gasteiger partial charge is 0.337 e. The molecule has 122 valence electrons. The summed E-state index contributed by atoms with van der Waals surface area (Å²) in [7, 11) is 0. The average molecular weight is 340 g/mol. The summed E-state index contributed by atoms with van der Waals surface area (Å²) in [5.74, 6) is 1.16. The van der Waals surface area contributed by atoms with Gasteiger partial charge in [-0.2, -0.15) is 4.98 Å². The normalized spacial score (nSPS) is 17.3. The Morgan fingerprint density at radius 3 is 3.00 bits per heavy atom. The van der Waals surface area contributed by atoms with E-state index in [1.807, 2.05) is 34.5 Å². The van der Waals surface area contributed by atoms with Crippen molar-refractivity contribution in [1.29, 1.82) is 0 Å². The number of pyridine rings is 1. The number of hydrogen-bond acceptors (Lipinski definition) is 6. The van der Waals surface area contributed by atoms with Gasteiger partial charge in [0.05, 0.1) is 6.42 Å². The Morgan fingerprint density at radius 1 is 1.33 bits per heavy atom. The van der Waals surface area contributed by atoms with Crippen LogP contribution >= 0.6 is 11.3 Å². The molecule has 0 aliphatic carbocycles. The van der Waals surface area contributed by atoms with Gasteiger partial charge < -0.3 is 9.42 Å². The highest BCUT2D eigenvalue weighted by Gasteiger charge is 2.34. The lowest BCUT2D eigenvalue weighted by atomic mass is 10.2. The molecular formula is C17H16N4O2S. The number of carbonyl (C=O) groups is 1. The summed E-state index contributed by atoms with van der Waals surface area (Å²) in [4.78, 5) is 24.0. The topological polar surface area (TPSA) is 72.1 Å². The van der Waals surface area contributed by atoms with Crippen molar-refractivity contribution < 1.29 is 9.32 Å². The maximum Gasteiger partial charge on any atom is 0.249 e. The predicted octanol–water partition coefficient (Wildman–Crippen LogP) is 3.10. The minimum atomic E-state index is -0.124. The summed E-state index contributed by atoms with van der Waals surface area (Å²) >= 11 is 1.60. The quantitative estimate of drug-likeness (QED) is 0.730. The molecule has 1 atom stereocenters. The zero-order valence-electron chi connectivity index (χ0n) is 13.0. The first-order valence-electron chi connectivity index (χ1n) is 7.87. The number of amides is 1. The van der Waals surface area contributed by atoms with E-state index in [0.717, 1.165) is 29.8 Å². The molecule has 0 bridgehead atoms. The average Bonchev–Trinajstić information content (AvgIpc) is 3.36. The summed E-state index contributed by atoms with van der Waals surface area (Å²) in [5.41, 5.74) is 0.856. The van der Waals surface area contributed by atoms with Crippen LogP contribution in [0.15, 0.2) is 46.6 Å². The Balaban J connectivity index is 1.53. The van der Waals surface area contributed by atoms with Crippen molar-refractivity contribution >= 4 is 17.2 Å². The highest BCUT2D eigenvalue weighted by Crippen LogP contribution is 2.32. The Hall–Kier alpha value is -2.54. The minimum absolute atomic E-state index is 0.114. The second kappa shape index (κ2) is 6.52. The van der Waals surface area contributed by atoms with Gasteiger partial charge in [-0.25, -0.2) is 0 Å². The molecule has 3 aromatic heterocycles. The van der Waals surface area contributed by atoms with Crippen LogP contribution in [0.3, 0.4) is 0 Å². The lowest BCUT2D eigenvalue weighted by molar-refractivity contribution is -0.131. The Bertz CT molecular complexity index is 816. The molecule has 4 rings (SSSR count). The fourth-order valence-corrected chi connectivity index (χ4v) is 3.67. The first-order chi connectivity index (χ1) is 11.8. The van der Waals surface area contributed by atoms with Gasteiger partial charge >= 0.3 is 0 Å². The number of nitrogens with zero attached hydrogens (tertiary/aromatic N) is 4. The van der Waals surface area contributed by atoms with Crippen LogP contribution in [-0.4, -0.2) is 32.5 Å². The van der Waals surface area contributed by atoms with Gasteiger partial charge in [-0.1, -0.05) is 11.2 Å². The summed E-state index contributed by atoms with van der Waals surface area (Å²) in [6.45, 7) is 0.738. The maximum atomic E-state index is 12.6. The van der Waals surface area contributed by atoms with E-state index in [1.54, 1.807) is 23.7 Å². The van der Waals surface area contributed by atoms with E-state index in [1.165, 1.54) is 0 Å². The molecule has 0 saturated carbocycles. The first kappa shape index (κ1) is 15.0. The van der Waals surface area contributed by atoms with E-state index in [-0.39, 0.29) is 11.9 Å². The first-order valence-corrected chi connectivity index (χ1v) is 8.75. The van der Waals surface area contributed by atoms with Crippen molar-refractivity contribution in [1.82, 2.24) is 20.0 Å². The Kier molecular flexibility index (Phi) is 4.08. The molecule has 0 aromatic carbocycles. The zero-order valence-corrected chi connectivity index (χ0v) is 13.8.